The second kappa shape index (κ2) is 8.39. The summed E-state index contributed by atoms with van der Waals surface area (Å²) in [5.74, 6) is -0.0544. The second-order valence-corrected chi connectivity index (χ2v) is 7.87. The molecule has 1 unspecified atom stereocenters. The van der Waals surface area contributed by atoms with Gasteiger partial charge in [-0.05, 0) is 31.0 Å². The summed E-state index contributed by atoms with van der Waals surface area (Å²) in [5.41, 5.74) is 0.617. The molecule has 4 heterocycles. The van der Waals surface area contributed by atoms with Gasteiger partial charge in [-0.15, -0.1) is 6.58 Å². The van der Waals surface area contributed by atoms with E-state index in [4.69, 9.17) is 4.74 Å². The Labute approximate surface area is 176 Å². The molecule has 0 N–H and O–H groups in total. The molecule has 0 bridgehead atoms. The lowest BCUT2D eigenvalue weighted by Crippen LogP contribution is -2.57. The van der Waals surface area contributed by atoms with Crippen molar-refractivity contribution in [1.82, 2.24) is 24.3 Å². The van der Waals surface area contributed by atoms with Gasteiger partial charge in [-0.1, -0.05) is 6.08 Å². The van der Waals surface area contributed by atoms with E-state index in [1.807, 2.05) is 21.7 Å². The van der Waals surface area contributed by atoms with Crippen molar-refractivity contribution in [3.8, 4) is 5.95 Å². The van der Waals surface area contributed by atoms with Crippen molar-refractivity contribution < 1.29 is 14.3 Å². The van der Waals surface area contributed by atoms with E-state index in [1.54, 1.807) is 24.5 Å². The van der Waals surface area contributed by atoms with E-state index in [0.717, 1.165) is 38.2 Å². The van der Waals surface area contributed by atoms with Crippen molar-refractivity contribution in [2.24, 2.45) is 5.92 Å². The zero-order valence-corrected chi connectivity index (χ0v) is 17.2. The van der Waals surface area contributed by atoms with Crippen LogP contribution in [0.25, 0.3) is 5.95 Å². The van der Waals surface area contributed by atoms with Crippen molar-refractivity contribution >= 4 is 11.9 Å². The first-order chi connectivity index (χ1) is 14.6. The molecule has 0 saturated carbocycles. The summed E-state index contributed by atoms with van der Waals surface area (Å²) in [6.07, 6.45) is 8.84. The average molecular weight is 409 g/mol. The van der Waals surface area contributed by atoms with Crippen LogP contribution in [0.2, 0.25) is 0 Å². The molecule has 4 rings (SSSR count). The fourth-order valence-electron chi connectivity index (χ4n) is 4.87. The number of aromatic nitrogens is 3. The van der Waals surface area contributed by atoms with Gasteiger partial charge in [0.15, 0.2) is 0 Å². The highest BCUT2D eigenvalue weighted by atomic mass is 16.5. The smallest absolute Gasteiger partial charge is 0.311 e. The van der Waals surface area contributed by atoms with Crippen LogP contribution in [0.1, 0.15) is 25.0 Å². The molecule has 2 aromatic heterocycles. The van der Waals surface area contributed by atoms with E-state index in [1.165, 1.54) is 7.11 Å². The molecule has 1 amide bonds. The number of nitrogens with zero attached hydrogens (tertiary/aromatic N) is 5. The number of hydrogen-bond donors (Lipinski definition) is 0. The normalized spacial score (nSPS) is 21.2. The Morgan fingerprint density at radius 2 is 2.03 bits per heavy atom. The van der Waals surface area contributed by atoms with Crippen LogP contribution >= 0.6 is 0 Å². The number of likely N-dealkylation sites (tertiary alicyclic amines) is 2. The highest BCUT2D eigenvalue weighted by Gasteiger charge is 2.56. The van der Waals surface area contributed by atoms with Crippen molar-refractivity contribution in [2.45, 2.75) is 31.3 Å². The molecule has 8 nitrogen and oxygen atoms in total. The fourth-order valence-corrected chi connectivity index (χ4v) is 4.87. The topological polar surface area (TPSA) is 80.6 Å². The molecule has 2 aliphatic rings. The van der Waals surface area contributed by atoms with E-state index >= 15 is 0 Å². The molecule has 158 valence electrons. The number of esters is 1. The summed E-state index contributed by atoms with van der Waals surface area (Å²) in [6, 6.07) is 5.86. The quantitative estimate of drug-likeness (QED) is 0.535. The molecule has 2 aromatic rings. The van der Waals surface area contributed by atoms with Crippen molar-refractivity contribution in [3.63, 3.8) is 0 Å². The third kappa shape index (κ3) is 3.52. The third-order valence-corrected chi connectivity index (χ3v) is 6.37. The van der Waals surface area contributed by atoms with Gasteiger partial charge in [0.25, 0.3) is 0 Å². The number of hydrogen-bond acceptors (Lipinski definition) is 6. The first-order valence-corrected chi connectivity index (χ1v) is 10.2. The molecule has 1 spiro atoms. The van der Waals surface area contributed by atoms with E-state index in [2.05, 4.69) is 27.5 Å². The maximum absolute atomic E-state index is 12.6. The van der Waals surface area contributed by atoms with Gasteiger partial charge in [-0.2, -0.15) is 0 Å². The Bertz CT molecular complexity index is 918. The highest BCUT2D eigenvalue weighted by Crippen LogP contribution is 2.44. The lowest BCUT2D eigenvalue weighted by atomic mass is 9.76. The number of amides is 1. The van der Waals surface area contributed by atoms with Gasteiger partial charge in [0.05, 0.1) is 18.6 Å². The summed E-state index contributed by atoms with van der Waals surface area (Å²) < 4.78 is 7.03. The van der Waals surface area contributed by atoms with Gasteiger partial charge < -0.3 is 9.64 Å². The highest BCUT2D eigenvalue weighted by molar-refractivity contribution is 5.89. The Kier molecular flexibility index (Phi) is 5.67. The molecule has 1 atom stereocenters. The number of rotatable bonds is 6. The predicted octanol–water partition coefficient (Wildman–Crippen LogP) is 1.81. The van der Waals surface area contributed by atoms with Gasteiger partial charge in [0.2, 0.25) is 11.9 Å². The van der Waals surface area contributed by atoms with Crippen LogP contribution in [0.4, 0.5) is 0 Å². The average Bonchev–Trinajstić information content (AvgIpc) is 3.34. The maximum Gasteiger partial charge on any atom is 0.311 e. The number of carbonyl (C=O) groups excluding carboxylic acids is 2. The lowest BCUT2D eigenvalue weighted by molar-refractivity contribution is -0.150. The lowest BCUT2D eigenvalue weighted by Gasteiger charge is -2.46. The minimum atomic E-state index is -0.487. The van der Waals surface area contributed by atoms with Crippen molar-refractivity contribution in [3.05, 3.63) is 55.1 Å². The van der Waals surface area contributed by atoms with Gasteiger partial charge in [-0.3, -0.25) is 19.1 Å². The largest absolute Gasteiger partial charge is 0.469 e. The molecule has 2 fully saturated rings. The molecule has 0 aliphatic carbocycles. The Hall–Kier alpha value is -3.00. The summed E-state index contributed by atoms with van der Waals surface area (Å²) in [4.78, 5) is 38.0. The standard InChI is InChI=1S/C22H27N5O3/c1-3-11-27-19(28)15-18(20(29)30-2)22(27)7-13-25(14-8-22)16-17-6-4-12-26(17)21-23-9-5-10-24-21/h3-6,9-10,12,18H,1,7-8,11,13-16H2,2H3. The molecular formula is C22H27N5O3. The van der Waals surface area contributed by atoms with Gasteiger partial charge in [-0.25, -0.2) is 9.97 Å². The molecule has 0 aromatic carbocycles. The minimum absolute atomic E-state index is 0.00820. The number of methoxy groups -OCH3 is 1. The Balaban J connectivity index is 1.50. The van der Waals surface area contributed by atoms with E-state index in [9.17, 15) is 9.59 Å². The Morgan fingerprint density at radius 3 is 2.70 bits per heavy atom. The summed E-state index contributed by atoms with van der Waals surface area (Å²) in [7, 11) is 1.39. The van der Waals surface area contributed by atoms with E-state index in [-0.39, 0.29) is 18.3 Å². The van der Waals surface area contributed by atoms with Gasteiger partial charge >= 0.3 is 5.97 Å². The molecule has 8 heteroatoms. The van der Waals surface area contributed by atoms with Crippen LogP contribution in [0, 0.1) is 5.92 Å². The van der Waals surface area contributed by atoms with Crippen molar-refractivity contribution in [2.75, 3.05) is 26.7 Å². The zero-order chi connectivity index (χ0) is 21.1. The number of carbonyl (C=O) groups is 2. The minimum Gasteiger partial charge on any atom is -0.469 e. The SMILES string of the molecule is C=CCN1C(=O)CC(C(=O)OC)C12CCN(Cc1cccn1-c1ncccn1)CC2. The summed E-state index contributed by atoms with van der Waals surface area (Å²) in [6.45, 7) is 6.58. The van der Waals surface area contributed by atoms with Crippen molar-refractivity contribution in [1.29, 1.82) is 0 Å². The molecular weight excluding hydrogens is 382 g/mol. The first-order valence-electron chi connectivity index (χ1n) is 10.2. The van der Waals surface area contributed by atoms with Crippen LogP contribution in [-0.2, 0) is 20.9 Å². The number of piperidine rings is 1. The predicted molar refractivity (Wildman–Crippen MR) is 111 cm³/mol. The summed E-state index contributed by atoms with van der Waals surface area (Å²) >= 11 is 0. The molecule has 2 aliphatic heterocycles. The molecule has 30 heavy (non-hydrogen) atoms. The summed E-state index contributed by atoms with van der Waals surface area (Å²) in [5, 5.41) is 0. The monoisotopic (exact) mass is 409 g/mol. The third-order valence-electron chi connectivity index (χ3n) is 6.37. The van der Waals surface area contributed by atoms with Gasteiger partial charge in [0, 0.05) is 56.9 Å². The van der Waals surface area contributed by atoms with Crippen LogP contribution in [0.15, 0.2) is 49.4 Å². The van der Waals surface area contributed by atoms with E-state index in [0.29, 0.717) is 12.5 Å². The second-order valence-electron chi connectivity index (χ2n) is 7.87. The Morgan fingerprint density at radius 1 is 1.30 bits per heavy atom. The first kappa shape index (κ1) is 20.3. The van der Waals surface area contributed by atoms with Gasteiger partial charge in [0.1, 0.15) is 0 Å². The van der Waals surface area contributed by atoms with Crippen LogP contribution < -0.4 is 0 Å². The van der Waals surface area contributed by atoms with Crippen LogP contribution in [0.5, 0.6) is 0 Å². The zero-order valence-electron chi connectivity index (χ0n) is 17.2. The van der Waals surface area contributed by atoms with Crippen LogP contribution in [-0.4, -0.2) is 68.5 Å². The maximum atomic E-state index is 12.6. The van der Waals surface area contributed by atoms with E-state index < -0.39 is 11.5 Å². The molecule has 0 radical (unpaired) electrons. The molecule has 2 saturated heterocycles. The number of ether oxygens (including phenoxy) is 1. The van der Waals surface area contributed by atoms with Crippen LogP contribution in [0.3, 0.4) is 0 Å². The fraction of sp³-hybridized carbons (Fsp3) is 0.455.